The summed E-state index contributed by atoms with van der Waals surface area (Å²) in [5, 5.41) is 0. The summed E-state index contributed by atoms with van der Waals surface area (Å²) in [5.41, 5.74) is 5.96. The lowest BCUT2D eigenvalue weighted by Crippen LogP contribution is -2.47. The fourth-order valence-corrected chi connectivity index (χ4v) is 2.78. The summed E-state index contributed by atoms with van der Waals surface area (Å²) in [7, 11) is 0. The van der Waals surface area contributed by atoms with Gasteiger partial charge in [0.2, 0.25) is 5.91 Å². The summed E-state index contributed by atoms with van der Waals surface area (Å²) in [6.45, 7) is 6.10. The Morgan fingerprint density at radius 2 is 2.09 bits per heavy atom. The van der Waals surface area contributed by atoms with Crippen LogP contribution in [0.2, 0.25) is 0 Å². The Labute approximate surface area is 137 Å². The average molecular weight is 330 g/mol. The van der Waals surface area contributed by atoms with Gasteiger partial charge in [0.1, 0.15) is 18.1 Å². The third-order valence-corrected chi connectivity index (χ3v) is 3.98. The van der Waals surface area contributed by atoms with Crippen LogP contribution in [0.25, 0.3) is 0 Å². The van der Waals surface area contributed by atoms with Crippen LogP contribution in [0.4, 0.5) is 0 Å². The van der Waals surface area contributed by atoms with Gasteiger partial charge < -0.3 is 20.0 Å². The van der Waals surface area contributed by atoms with Gasteiger partial charge in [-0.1, -0.05) is 0 Å². The summed E-state index contributed by atoms with van der Waals surface area (Å²) >= 11 is 0. The van der Waals surface area contributed by atoms with Crippen LogP contribution in [0.3, 0.4) is 0 Å². The number of carbonyl (C=O) groups is 2. The van der Waals surface area contributed by atoms with Gasteiger partial charge in [-0.3, -0.25) is 9.59 Å². The van der Waals surface area contributed by atoms with Gasteiger partial charge in [-0.25, -0.2) is 0 Å². The minimum atomic E-state index is -0.353. The normalized spacial score (nSPS) is 17.2. The lowest BCUT2D eigenvalue weighted by molar-refractivity contribution is -0.134. The Balaban J connectivity index is 0.00000242. The number of hydrogen-bond acceptors (Lipinski definition) is 4. The number of hydrogen-bond donors (Lipinski definition) is 1. The molecule has 0 radical (unpaired) electrons. The number of furan rings is 1. The van der Waals surface area contributed by atoms with Crippen LogP contribution in [0.15, 0.2) is 16.7 Å². The molecule has 0 aliphatic carbocycles. The van der Waals surface area contributed by atoms with Gasteiger partial charge in [-0.15, -0.1) is 12.4 Å². The maximum Gasteiger partial charge on any atom is 0.257 e. The van der Waals surface area contributed by atoms with E-state index in [1.54, 1.807) is 15.9 Å². The second-order valence-electron chi connectivity index (χ2n) is 5.17. The summed E-state index contributed by atoms with van der Waals surface area (Å²) in [6.07, 6.45) is 3.00. The molecule has 1 aromatic rings. The zero-order valence-electron chi connectivity index (χ0n) is 13.1. The standard InChI is InChI=1S/C15H23N3O3.ClH/c1-3-17(4-2)15(20)13-6-5-7-18(13)14(19)11-8-12(9-16)21-10-11;/h8,10,13H,3-7,9,16H2,1-2H3;1H. The van der Waals surface area contributed by atoms with Gasteiger partial charge in [0.05, 0.1) is 12.1 Å². The van der Waals surface area contributed by atoms with Crippen LogP contribution in [0, 0.1) is 0 Å². The molecule has 6 nitrogen and oxygen atoms in total. The fourth-order valence-electron chi connectivity index (χ4n) is 2.78. The molecule has 1 aromatic heterocycles. The van der Waals surface area contributed by atoms with E-state index in [9.17, 15) is 9.59 Å². The monoisotopic (exact) mass is 329 g/mol. The number of halogens is 1. The highest BCUT2D eigenvalue weighted by molar-refractivity contribution is 5.97. The van der Waals surface area contributed by atoms with Crippen LogP contribution < -0.4 is 5.73 Å². The van der Waals surface area contributed by atoms with Gasteiger partial charge >= 0.3 is 0 Å². The molecule has 1 aliphatic rings. The maximum atomic E-state index is 12.5. The van der Waals surface area contributed by atoms with E-state index >= 15 is 0 Å². The lowest BCUT2D eigenvalue weighted by atomic mass is 10.1. The first-order chi connectivity index (χ1) is 10.1. The van der Waals surface area contributed by atoms with E-state index in [1.165, 1.54) is 6.26 Å². The summed E-state index contributed by atoms with van der Waals surface area (Å²) < 4.78 is 5.21. The van der Waals surface area contributed by atoms with Crippen molar-refractivity contribution < 1.29 is 14.0 Å². The Kier molecular flexibility index (Phi) is 6.90. The number of nitrogens with two attached hydrogens (primary N) is 1. The highest BCUT2D eigenvalue weighted by Crippen LogP contribution is 2.22. The third kappa shape index (κ3) is 3.62. The molecule has 2 amide bonds. The van der Waals surface area contributed by atoms with Gasteiger partial charge in [-0.2, -0.15) is 0 Å². The van der Waals surface area contributed by atoms with E-state index in [0.29, 0.717) is 31.0 Å². The topological polar surface area (TPSA) is 79.8 Å². The number of carbonyl (C=O) groups excluding carboxylic acids is 2. The van der Waals surface area contributed by atoms with Crippen molar-refractivity contribution in [2.45, 2.75) is 39.3 Å². The number of rotatable bonds is 5. The number of nitrogens with zero attached hydrogens (tertiary/aromatic N) is 2. The van der Waals surface area contributed by atoms with E-state index in [-0.39, 0.29) is 36.8 Å². The number of likely N-dealkylation sites (tertiary alicyclic amines) is 1. The molecule has 0 bridgehead atoms. The highest BCUT2D eigenvalue weighted by Gasteiger charge is 2.36. The van der Waals surface area contributed by atoms with Gasteiger partial charge in [0, 0.05) is 19.6 Å². The van der Waals surface area contributed by atoms with Crippen LogP contribution >= 0.6 is 12.4 Å². The molecular formula is C15H24ClN3O3. The highest BCUT2D eigenvalue weighted by atomic mass is 35.5. The van der Waals surface area contributed by atoms with Crippen LogP contribution in [-0.2, 0) is 11.3 Å². The molecule has 7 heteroatoms. The van der Waals surface area contributed by atoms with E-state index in [2.05, 4.69) is 0 Å². The summed E-state index contributed by atoms with van der Waals surface area (Å²) in [5.74, 6) is 0.457. The Hall–Kier alpha value is -1.53. The quantitative estimate of drug-likeness (QED) is 0.890. The molecule has 0 saturated carbocycles. The second kappa shape index (κ2) is 8.19. The molecule has 2 rings (SSSR count). The number of amides is 2. The molecule has 1 saturated heterocycles. The van der Waals surface area contributed by atoms with E-state index in [1.807, 2.05) is 13.8 Å². The first-order valence-corrected chi connectivity index (χ1v) is 7.49. The van der Waals surface area contributed by atoms with Gasteiger partial charge in [0.15, 0.2) is 0 Å². The largest absolute Gasteiger partial charge is 0.467 e. The van der Waals surface area contributed by atoms with Crippen molar-refractivity contribution in [2.75, 3.05) is 19.6 Å². The van der Waals surface area contributed by atoms with Crippen LogP contribution in [0.5, 0.6) is 0 Å². The summed E-state index contributed by atoms with van der Waals surface area (Å²) in [6, 6.07) is 1.30. The van der Waals surface area contributed by atoms with E-state index in [0.717, 1.165) is 12.8 Å². The van der Waals surface area contributed by atoms with Crippen molar-refractivity contribution in [3.05, 3.63) is 23.7 Å². The minimum absolute atomic E-state index is 0. The van der Waals surface area contributed by atoms with Crippen LogP contribution in [-0.4, -0.2) is 47.3 Å². The SMILES string of the molecule is CCN(CC)C(=O)C1CCCN1C(=O)c1coc(CN)c1.Cl. The van der Waals surface area contributed by atoms with Gasteiger partial charge in [0.25, 0.3) is 5.91 Å². The van der Waals surface area contributed by atoms with Crippen molar-refractivity contribution in [3.63, 3.8) is 0 Å². The molecule has 22 heavy (non-hydrogen) atoms. The Bertz CT molecular complexity index is 514. The summed E-state index contributed by atoms with van der Waals surface area (Å²) in [4.78, 5) is 28.5. The average Bonchev–Trinajstić information content (AvgIpc) is 3.16. The first-order valence-electron chi connectivity index (χ1n) is 7.49. The fraction of sp³-hybridized carbons (Fsp3) is 0.600. The zero-order chi connectivity index (χ0) is 15.4. The van der Waals surface area contributed by atoms with Crippen molar-refractivity contribution in [1.29, 1.82) is 0 Å². The molecule has 124 valence electrons. The van der Waals surface area contributed by atoms with Crippen molar-refractivity contribution in [1.82, 2.24) is 9.80 Å². The molecule has 1 atom stereocenters. The Morgan fingerprint density at radius 3 is 2.64 bits per heavy atom. The lowest BCUT2D eigenvalue weighted by Gasteiger charge is -2.28. The van der Waals surface area contributed by atoms with Crippen molar-refractivity contribution in [2.24, 2.45) is 5.73 Å². The zero-order valence-corrected chi connectivity index (χ0v) is 13.9. The molecular weight excluding hydrogens is 306 g/mol. The smallest absolute Gasteiger partial charge is 0.257 e. The van der Waals surface area contributed by atoms with Crippen molar-refractivity contribution in [3.8, 4) is 0 Å². The van der Waals surface area contributed by atoms with Gasteiger partial charge in [-0.05, 0) is 32.8 Å². The van der Waals surface area contributed by atoms with Crippen LogP contribution in [0.1, 0.15) is 42.8 Å². The second-order valence-corrected chi connectivity index (χ2v) is 5.17. The van der Waals surface area contributed by atoms with Crippen molar-refractivity contribution >= 4 is 24.2 Å². The minimum Gasteiger partial charge on any atom is -0.467 e. The Morgan fingerprint density at radius 1 is 1.41 bits per heavy atom. The first kappa shape index (κ1) is 18.5. The molecule has 1 fully saturated rings. The molecule has 1 aliphatic heterocycles. The molecule has 0 aromatic carbocycles. The molecule has 1 unspecified atom stereocenters. The molecule has 0 spiro atoms. The predicted octanol–water partition coefficient (Wildman–Crippen LogP) is 1.63. The van der Waals surface area contributed by atoms with E-state index < -0.39 is 0 Å². The predicted molar refractivity (Wildman–Crippen MR) is 85.8 cm³/mol. The molecule has 2 heterocycles. The maximum absolute atomic E-state index is 12.5. The number of likely N-dealkylation sites (N-methyl/N-ethyl adjacent to an activating group) is 1. The van der Waals surface area contributed by atoms with E-state index in [4.69, 9.17) is 10.2 Å². The third-order valence-electron chi connectivity index (χ3n) is 3.98. The molecule has 2 N–H and O–H groups in total.